The van der Waals surface area contributed by atoms with Crippen LogP contribution in [0.15, 0.2) is 65.8 Å². The number of nitrogens with zero attached hydrogens (tertiary/aromatic N) is 1. The summed E-state index contributed by atoms with van der Waals surface area (Å²) >= 11 is 0. The van der Waals surface area contributed by atoms with Gasteiger partial charge in [-0.05, 0) is 43.4 Å². The number of para-hydroxylation sites is 1. The molecule has 0 saturated carbocycles. The maximum atomic E-state index is 5.67. The summed E-state index contributed by atoms with van der Waals surface area (Å²) in [5, 5.41) is 12.2. The molecule has 1 aliphatic heterocycles. The highest BCUT2D eigenvalue weighted by Crippen LogP contribution is 2.25. The topological polar surface area (TPSA) is 73.5 Å². The van der Waals surface area contributed by atoms with E-state index in [1.807, 2.05) is 7.05 Å². The third-order valence-electron chi connectivity index (χ3n) is 6.45. The summed E-state index contributed by atoms with van der Waals surface area (Å²) < 4.78 is 5.67. The molecule has 6 nitrogen and oxygen atoms in total. The highest BCUT2D eigenvalue weighted by molar-refractivity contribution is 14.0. The van der Waals surface area contributed by atoms with Gasteiger partial charge in [0.25, 0.3) is 0 Å². The average molecular weight is 562 g/mol. The third-order valence-corrected chi connectivity index (χ3v) is 6.45. The van der Waals surface area contributed by atoms with Crippen molar-refractivity contribution < 1.29 is 4.74 Å². The second-order valence-corrected chi connectivity index (χ2v) is 8.63. The van der Waals surface area contributed by atoms with Gasteiger partial charge in [-0.3, -0.25) is 4.99 Å². The molecule has 7 heteroatoms. The Morgan fingerprint density at radius 3 is 2.55 bits per heavy atom. The number of halogens is 1. The van der Waals surface area contributed by atoms with Crippen molar-refractivity contribution in [2.45, 2.75) is 37.8 Å². The van der Waals surface area contributed by atoms with Crippen LogP contribution in [0.3, 0.4) is 0 Å². The maximum Gasteiger partial charge on any atom is 0.191 e. The number of hydrogen-bond acceptors (Lipinski definition) is 3. The van der Waals surface area contributed by atoms with Crippen molar-refractivity contribution >= 4 is 40.8 Å². The lowest BCUT2D eigenvalue weighted by Gasteiger charge is -2.41. The lowest BCUT2D eigenvalue weighted by molar-refractivity contribution is 0.0355. The van der Waals surface area contributed by atoms with E-state index in [2.05, 4.69) is 93.6 Å². The van der Waals surface area contributed by atoms with Crippen molar-refractivity contribution in [1.82, 2.24) is 20.9 Å². The Balaban J connectivity index is 0.00000306. The lowest BCUT2D eigenvalue weighted by atomic mass is 9.88. The van der Waals surface area contributed by atoms with Crippen LogP contribution in [-0.4, -0.2) is 49.8 Å². The monoisotopic (exact) mass is 561 g/mol. The minimum absolute atomic E-state index is 0. The molecule has 1 unspecified atom stereocenters. The van der Waals surface area contributed by atoms with Crippen LogP contribution in [0.25, 0.3) is 10.9 Å². The molecule has 178 valence electrons. The molecule has 0 spiro atoms. The van der Waals surface area contributed by atoms with Crippen molar-refractivity contribution in [3.05, 3.63) is 71.9 Å². The van der Waals surface area contributed by atoms with E-state index in [0.717, 1.165) is 51.5 Å². The van der Waals surface area contributed by atoms with Gasteiger partial charge in [0.05, 0.1) is 0 Å². The number of guanidine groups is 1. The number of aromatic nitrogens is 1. The van der Waals surface area contributed by atoms with Gasteiger partial charge in [-0.2, -0.15) is 0 Å². The Kier molecular flexibility index (Phi) is 9.58. The normalized spacial score (nSPS) is 16.7. The first kappa shape index (κ1) is 25.5. The van der Waals surface area contributed by atoms with E-state index in [9.17, 15) is 0 Å². The Morgan fingerprint density at radius 1 is 1.06 bits per heavy atom. The van der Waals surface area contributed by atoms with Crippen LogP contribution in [0, 0.1) is 0 Å². The number of aliphatic imine (C=N–C) groups is 1. The molecule has 1 fully saturated rings. The third kappa shape index (κ3) is 6.71. The van der Waals surface area contributed by atoms with E-state index in [4.69, 9.17) is 4.74 Å². The van der Waals surface area contributed by atoms with Gasteiger partial charge in [0.15, 0.2) is 5.96 Å². The highest BCUT2D eigenvalue weighted by atomic mass is 127. The second-order valence-electron chi connectivity index (χ2n) is 8.63. The molecule has 3 aromatic rings. The molecule has 1 aromatic heterocycles. The Labute approximate surface area is 214 Å². The van der Waals surface area contributed by atoms with E-state index in [1.54, 1.807) is 0 Å². The molecule has 4 N–H and O–H groups in total. The first-order valence-electron chi connectivity index (χ1n) is 11.6. The van der Waals surface area contributed by atoms with Crippen molar-refractivity contribution in [3.8, 4) is 0 Å². The van der Waals surface area contributed by atoms with Gasteiger partial charge in [-0.25, -0.2) is 0 Å². The molecule has 33 heavy (non-hydrogen) atoms. The summed E-state index contributed by atoms with van der Waals surface area (Å²) in [5.74, 6) is 0.838. The van der Waals surface area contributed by atoms with Crippen molar-refractivity contribution in [1.29, 1.82) is 0 Å². The summed E-state index contributed by atoms with van der Waals surface area (Å²) in [6, 6.07) is 19.3. The van der Waals surface area contributed by atoms with Gasteiger partial charge in [0.2, 0.25) is 0 Å². The van der Waals surface area contributed by atoms with Crippen LogP contribution in [-0.2, 0) is 11.2 Å². The fraction of sp³-hybridized carbons (Fsp3) is 0.423. The van der Waals surface area contributed by atoms with E-state index in [0.29, 0.717) is 0 Å². The Morgan fingerprint density at radius 2 is 1.79 bits per heavy atom. The molecular weight excluding hydrogens is 525 g/mol. The fourth-order valence-corrected chi connectivity index (χ4v) is 4.55. The molecule has 2 heterocycles. The van der Waals surface area contributed by atoms with Crippen molar-refractivity contribution in [3.63, 3.8) is 0 Å². The predicted molar refractivity (Wildman–Crippen MR) is 148 cm³/mol. The summed E-state index contributed by atoms with van der Waals surface area (Å²) in [4.78, 5) is 7.80. The van der Waals surface area contributed by atoms with Crippen LogP contribution < -0.4 is 16.0 Å². The van der Waals surface area contributed by atoms with Crippen LogP contribution in [0.5, 0.6) is 0 Å². The van der Waals surface area contributed by atoms with E-state index in [1.165, 1.54) is 22.0 Å². The molecule has 4 rings (SSSR count). The minimum atomic E-state index is -0.0258. The number of rotatable bonds is 8. The average Bonchev–Trinajstić information content (AvgIpc) is 3.25. The van der Waals surface area contributed by atoms with Crippen LogP contribution >= 0.6 is 24.0 Å². The smallest absolute Gasteiger partial charge is 0.191 e. The second kappa shape index (κ2) is 12.4. The molecule has 2 aromatic carbocycles. The van der Waals surface area contributed by atoms with Crippen LogP contribution in [0.1, 0.15) is 36.9 Å². The molecule has 0 aliphatic carbocycles. The zero-order valence-corrected chi connectivity index (χ0v) is 21.9. The first-order valence-corrected chi connectivity index (χ1v) is 11.6. The van der Waals surface area contributed by atoms with Crippen LogP contribution in [0.2, 0.25) is 0 Å². The predicted octanol–water partition coefficient (Wildman–Crippen LogP) is 4.39. The molecule has 1 aliphatic rings. The standard InChI is InChI=1S/C26H35N5O.HI/c1-20(21-8-4-3-5-9-21)31-26(13-16-32-17-14-26)19-30-25(27-2)28-15-12-22-18-29-24-11-7-6-10-23(22)24;/h3-11,18,20,29,31H,12-17,19H2,1-2H3,(H2,27,28,30);1H. The van der Waals surface area contributed by atoms with Crippen LogP contribution in [0.4, 0.5) is 0 Å². The quantitative estimate of drug-likeness (QED) is 0.187. The van der Waals surface area contributed by atoms with E-state index in [-0.39, 0.29) is 35.6 Å². The molecule has 0 bridgehead atoms. The number of nitrogens with one attached hydrogen (secondary N) is 4. The van der Waals surface area contributed by atoms with E-state index < -0.39 is 0 Å². The fourth-order valence-electron chi connectivity index (χ4n) is 4.55. The largest absolute Gasteiger partial charge is 0.381 e. The molecule has 1 atom stereocenters. The van der Waals surface area contributed by atoms with Gasteiger partial charge in [0, 0.05) is 62.0 Å². The Hall–Kier alpha value is -2.10. The van der Waals surface area contributed by atoms with Gasteiger partial charge in [-0.15, -0.1) is 24.0 Å². The summed E-state index contributed by atoms with van der Waals surface area (Å²) in [6.45, 7) is 5.43. The summed E-state index contributed by atoms with van der Waals surface area (Å²) in [6.07, 6.45) is 4.99. The minimum Gasteiger partial charge on any atom is -0.381 e. The van der Waals surface area contributed by atoms with Gasteiger partial charge in [0.1, 0.15) is 0 Å². The van der Waals surface area contributed by atoms with Crippen molar-refractivity contribution in [2.75, 3.05) is 33.4 Å². The zero-order valence-electron chi connectivity index (χ0n) is 19.6. The number of fused-ring (bicyclic) bond motifs is 1. The summed E-state index contributed by atoms with van der Waals surface area (Å²) in [7, 11) is 1.83. The molecular formula is C26H36IN5O. The molecule has 0 radical (unpaired) electrons. The summed E-state index contributed by atoms with van der Waals surface area (Å²) in [5.41, 5.74) is 3.79. The number of benzene rings is 2. The van der Waals surface area contributed by atoms with Crippen molar-refractivity contribution in [2.24, 2.45) is 4.99 Å². The number of aromatic amines is 1. The van der Waals surface area contributed by atoms with Gasteiger partial charge < -0.3 is 25.7 Å². The number of H-pyrrole nitrogens is 1. The SMILES string of the molecule is CN=C(NCCc1c[nH]c2ccccc12)NCC1(NC(C)c2ccccc2)CCOCC1.I. The number of ether oxygens (including phenoxy) is 1. The zero-order chi connectivity index (χ0) is 22.2. The van der Waals surface area contributed by atoms with E-state index >= 15 is 0 Å². The van der Waals surface area contributed by atoms with Gasteiger partial charge >= 0.3 is 0 Å². The maximum absolute atomic E-state index is 5.67. The highest BCUT2D eigenvalue weighted by Gasteiger charge is 2.34. The molecule has 0 amide bonds. The van der Waals surface area contributed by atoms with Gasteiger partial charge in [-0.1, -0.05) is 48.5 Å². The Bertz CT molecular complexity index is 1010. The lowest BCUT2D eigenvalue weighted by Crippen LogP contribution is -2.58. The first-order chi connectivity index (χ1) is 15.7. The molecule has 1 saturated heterocycles. The number of hydrogen-bond donors (Lipinski definition) is 4.